The summed E-state index contributed by atoms with van der Waals surface area (Å²) in [5.74, 6) is 0.960. The molecule has 16 heavy (non-hydrogen) atoms. The van der Waals surface area contributed by atoms with Crippen LogP contribution in [0.1, 0.15) is 40.0 Å². The molecule has 0 aromatic heterocycles. The van der Waals surface area contributed by atoms with E-state index in [1.807, 2.05) is 0 Å². The minimum atomic E-state index is -0.677. The number of nitrogens with one attached hydrogen (secondary N) is 1. The van der Waals surface area contributed by atoms with Gasteiger partial charge in [-0.05, 0) is 26.3 Å². The molecule has 0 aromatic rings. The Hall–Kier alpha value is -1.17. The van der Waals surface area contributed by atoms with E-state index in [1.54, 1.807) is 6.92 Å². The highest BCUT2D eigenvalue weighted by atomic mass is 16.7. The first-order chi connectivity index (χ1) is 7.60. The van der Waals surface area contributed by atoms with Gasteiger partial charge in [-0.15, -0.1) is 0 Å². The maximum absolute atomic E-state index is 10.0. The molecule has 0 fully saturated rings. The van der Waals surface area contributed by atoms with Crippen molar-refractivity contribution < 1.29 is 5.03 Å². The molecule has 0 radical (unpaired) electrons. The van der Waals surface area contributed by atoms with Crippen molar-refractivity contribution in [2.45, 2.75) is 40.0 Å². The fourth-order valence-electron chi connectivity index (χ4n) is 1.31. The Morgan fingerprint density at radius 3 is 2.44 bits per heavy atom. The van der Waals surface area contributed by atoms with Crippen LogP contribution in [0.2, 0.25) is 0 Å². The molecule has 1 unspecified atom stereocenters. The maximum Gasteiger partial charge on any atom is 0.192 e. The predicted octanol–water partition coefficient (Wildman–Crippen LogP) is 1.59. The van der Waals surface area contributed by atoms with Crippen molar-refractivity contribution >= 4 is 5.84 Å². The lowest BCUT2D eigenvalue weighted by Crippen LogP contribution is -2.27. The van der Waals surface area contributed by atoms with Gasteiger partial charge < -0.3 is 11.1 Å². The van der Waals surface area contributed by atoms with Crippen LogP contribution in [-0.2, 0) is 0 Å². The molecule has 0 bridgehead atoms. The predicted molar refractivity (Wildman–Crippen MR) is 66.9 cm³/mol. The Morgan fingerprint density at radius 1 is 1.50 bits per heavy atom. The van der Waals surface area contributed by atoms with Crippen LogP contribution in [0.4, 0.5) is 0 Å². The number of hydrazone groups is 1. The van der Waals surface area contributed by atoms with Crippen LogP contribution in [0.5, 0.6) is 0 Å². The lowest BCUT2D eigenvalue weighted by atomic mass is 10.0. The largest absolute Gasteiger partial charge is 0.368 e. The first kappa shape index (κ1) is 17.2. The van der Waals surface area contributed by atoms with Gasteiger partial charge in [0.25, 0.3) is 0 Å². The quantitative estimate of drug-likeness (QED) is 0.315. The van der Waals surface area contributed by atoms with Crippen molar-refractivity contribution in [3.05, 3.63) is 10.1 Å². The summed E-state index contributed by atoms with van der Waals surface area (Å²) in [6, 6.07) is 0. The summed E-state index contributed by atoms with van der Waals surface area (Å²) < 4.78 is 0. The summed E-state index contributed by atoms with van der Waals surface area (Å²) in [5, 5.41) is 15.5. The molecule has 3 N–H and O–H groups in total. The van der Waals surface area contributed by atoms with E-state index in [2.05, 4.69) is 30.0 Å². The lowest BCUT2D eigenvalue weighted by molar-refractivity contribution is -0.485. The third-order valence-electron chi connectivity index (χ3n) is 2.15. The number of amidine groups is 1. The Morgan fingerprint density at radius 2 is 2.06 bits per heavy atom. The highest BCUT2D eigenvalue weighted by molar-refractivity contribution is 5.78. The second-order valence-corrected chi connectivity index (χ2v) is 3.37. The summed E-state index contributed by atoms with van der Waals surface area (Å²) in [4.78, 5) is 10.0. The highest BCUT2D eigenvalue weighted by Gasteiger charge is 2.05. The van der Waals surface area contributed by atoms with Crippen molar-refractivity contribution in [3.8, 4) is 0 Å². The number of hydrogen-bond donors (Lipinski definition) is 2. The van der Waals surface area contributed by atoms with E-state index in [0.29, 0.717) is 11.8 Å². The van der Waals surface area contributed by atoms with Gasteiger partial charge in [0.1, 0.15) is 0 Å². The maximum atomic E-state index is 10.0. The van der Waals surface area contributed by atoms with E-state index in [0.717, 1.165) is 25.8 Å². The van der Waals surface area contributed by atoms with E-state index in [9.17, 15) is 10.1 Å². The molecule has 0 rings (SSSR count). The summed E-state index contributed by atoms with van der Waals surface area (Å²) in [7, 11) is 1.50. The Labute approximate surface area is 97.4 Å². The van der Waals surface area contributed by atoms with Crippen LogP contribution in [0.3, 0.4) is 0 Å². The Balaban J connectivity index is 0. The standard InChI is InChI=1S/C9H19N3O2.CH5N/c1-4-6-9(5-2)7-10-8(3)11-12(13)14;1-2/h9H,4-7H2,1-3H3,(H,10,11);2H2,1H3. The monoisotopic (exact) mass is 232 g/mol. The average molecular weight is 232 g/mol. The van der Waals surface area contributed by atoms with Gasteiger partial charge >= 0.3 is 0 Å². The van der Waals surface area contributed by atoms with Crippen LogP contribution in [0.15, 0.2) is 5.10 Å². The van der Waals surface area contributed by atoms with Crippen molar-refractivity contribution in [2.24, 2.45) is 16.8 Å². The zero-order valence-electron chi connectivity index (χ0n) is 10.7. The third kappa shape index (κ3) is 10.9. The van der Waals surface area contributed by atoms with Gasteiger partial charge in [-0.1, -0.05) is 26.7 Å². The summed E-state index contributed by atoms with van der Waals surface area (Å²) in [6.45, 7) is 6.65. The van der Waals surface area contributed by atoms with E-state index in [-0.39, 0.29) is 0 Å². The molecule has 6 heteroatoms. The molecule has 1 atom stereocenters. The highest BCUT2D eigenvalue weighted by Crippen LogP contribution is 2.08. The number of nitrogens with zero attached hydrogens (tertiary/aromatic N) is 2. The summed E-state index contributed by atoms with van der Waals surface area (Å²) in [5.41, 5.74) is 4.50. The number of rotatable bonds is 6. The van der Waals surface area contributed by atoms with E-state index >= 15 is 0 Å². The number of nitro groups is 1. The molecule has 0 aromatic carbocycles. The minimum Gasteiger partial charge on any atom is -0.368 e. The second kappa shape index (κ2) is 11.9. The molecule has 0 amide bonds. The molecule has 6 nitrogen and oxygen atoms in total. The van der Waals surface area contributed by atoms with Gasteiger partial charge in [0.05, 0.1) is 5.10 Å². The molecule has 0 spiro atoms. The SMILES string of the molecule is CCCC(CC)CN/C(C)=N\[N+](=O)[O-].CN. The van der Waals surface area contributed by atoms with Gasteiger partial charge in [-0.2, -0.15) is 0 Å². The first-order valence-corrected chi connectivity index (χ1v) is 5.61. The minimum absolute atomic E-state index is 0.379. The van der Waals surface area contributed by atoms with Crippen molar-refractivity contribution in [1.29, 1.82) is 0 Å². The van der Waals surface area contributed by atoms with Crippen molar-refractivity contribution in [1.82, 2.24) is 5.32 Å². The zero-order chi connectivity index (χ0) is 13.0. The molecule has 0 aliphatic rings. The van der Waals surface area contributed by atoms with Gasteiger partial charge in [0, 0.05) is 6.54 Å². The van der Waals surface area contributed by atoms with Gasteiger partial charge in [-0.3, -0.25) is 0 Å². The number of nitrogens with two attached hydrogens (primary N) is 1. The van der Waals surface area contributed by atoms with Crippen LogP contribution in [0.25, 0.3) is 0 Å². The van der Waals surface area contributed by atoms with Crippen molar-refractivity contribution in [3.63, 3.8) is 0 Å². The fraction of sp³-hybridized carbons (Fsp3) is 0.900. The molecule has 96 valence electrons. The van der Waals surface area contributed by atoms with Crippen LogP contribution >= 0.6 is 0 Å². The molecular formula is C10H24N4O2. The molecule has 0 heterocycles. The normalized spacial score (nSPS) is 12.4. The van der Waals surface area contributed by atoms with Crippen molar-refractivity contribution in [2.75, 3.05) is 13.6 Å². The van der Waals surface area contributed by atoms with Crippen LogP contribution < -0.4 is 11.1 Å². The smallest absolute Gasteiger partial charge is 0.192 e. The number of hydrogen-bond acceptors (Lipinski definition) is 3. The fourth-order valence-corrected chi connectivity index (χ4v) is 1.31. The molecule has 0 saturated carbocycles. The summed E-state index contributed by atoms with van der Waals surface area (Å²) in [6.07, 6.45) is 3.38. The van der Waals surface area contributed by atoms with Gasteiger partial charge in [0.15, 0.2) is 10.9 Å². The van der Waals surface area contributed by atoms with E-state index in [1.165, 1.54) is 7.05 Å². The molecular weight excluding hydrogens is 208 g/mol. The first-order valence-electron chi connectivity index (χ1n) is 5.61. The summed E-state index contributed by atoms with van der Waals surface area (Å²) >= 11 is 0. The third-order valence-corrected chi connectivity index (χ3v) is 2.15. The molecule has 0 aliphatic heterocycles. The van der Waals surface area contributed by atoms with Gasteiger partial charge in [0.2, 0.25) is 0 Å². The average Bonchev–Trinajstić information content (AvgIpc) is 2.26. The Kier molecular flexibility index (Phi) is 12.8. The zero-order valence-corrected chi connectivity index (χ0v) is 10.7. The topological polar surface area (TPSA) is 93.5 Å². The molecule has 0 aliphatic carbocycles. The van der Waals surface area contributed by atoms with E-state index in [4.69, 9.17) is 0 Å². The van der Waals surface area contributed by atoms with E-state index < -0.39 is 5.03 Å². The Bertz CT molecular complexity index is 207. The van der Waals surface area contributed by atoms with Crippen LogP contribution in [0, 0.1) is 16.0 Å². The van der Waals surface area contributed by atoms with Crippen LogP contribution in [-0.4, -0.2) is 24.5 Å². The molecule has 0 saturated heterocycles. The van der Waals surface area contributed by atoms with Gasteiger partial charge in [-0.25, -0.2) is 10.1 Å². The lowest BCUT2D eigenvalue weighted by Gasteiger charge is -2.13. The second-order valence-electron chi connectivity index (χ2n) is 3.37.